The number of hydrogen-bond acceptors (Lipinski definition) is 3. The van der Waals surface area contributed by atoms with E-state index < -0.39 is 12.1 Å². The van der Waals surface area contributed by atoms with Gasteiger partial charge in [-0.25, -0.2) is 4.79 Å². The summed E-state index contributed by atoms with van der Waals surface area (Å²) in [6, 6.07) is 29.2. The molecule has 5 rings (SSSR count). The van der Waals surface area contributed by atoms with Crippen LogP contribution in [0.4, 0.5) is 0 Å². The minimum absolute atomic E-state index is 0.0435. The maximum absolute atomic E-state index is 13.2. The zero-order valence-corrected chi connectivity index (χ0v) is 15.3. The van der Waals surface area contributed by atoms with Gasteiger partial charge in [-0.3, -0.25) is 4.79 Å². The molecule has 0 aromatic heterocycles. The SMILES string of the molecule is O=C(O[C@@H]1C[C@]2(c3ccccc3)[C@H](c3ccccc3)[C@@H]2C1=O)c1ccccc1. The van der Waals surface area contributed by atoms with Gasteiger partial charge in [-0.1, -0.05) is 78.9 Å². The Hall–Kier alpha value is -3.20. The summed E-state index contributed by atoms with van der Waals surface area (Å²) in [7, 11) is 0. The lowest BCUT2D eigenvalue weighted by atomic mass is 9.87. The summed E-state index contributed by atoms with van der Waals surface area (Å²) in [5.41, 5.74) is 2.53. The Balaban J connectivity index is 1.46. The molecular formula is C25H20O3. The van der Waals surface area contributed by atoms with Crippen LogP contribution in [0.15, 0.2) is 91.0 Å². The molecular weight excluding hydrogens is 348 g/mol. The van der Waals surface area contributed by atoms with Gasteiger partial charge in [0.1, 0.15) is 0 Å². The highest BCUT2D eigenvalue weighted by Gasteiger charge is 2.75. The molecule has 28 heavy (non-hydrogen) atoms. The zero-order chi connectivity index (χ0) is 19.1. The molecule has 0 heterocycles. The number of fused-ring (bicyclic) bond motifs is 1. The molecule has 0 radical (unpaired) electrons. The Morgan fingerprint density at radius 3 is 2.00 bits per heavy atom. The molecule has 0 bridgehead atoms. The zero-order valence-electron chi connectivity index (χ0n) is 15.3. The van der Waals surface area contributed by atoms with Crippen molar-refractivity contribution in [2.24, 2.45) is 5.92 Å². The summed E-state index contributed by atoms with van der Waals surface area (Å²) in [6.07, 6.45) is -0.142. The van der Waals surface area contributed by atoms with E-state index in [9.17, 15) is 9.59 Å². The third-order valence-electron chi connectivity index (χ3n) is 6.21. The van der Waals surface area contributed by atoms with Gasteiger partial charge in [0, 0.05) is 23.7 Å². The molecule has 2 aliphatic rings. The third kappa shape index (κ3) is 2.50. The fourth-order valence-corrected chi connectivity index (χ4v) is 4.97. The first-order valence-corrected chi connectivity index (χ1v) is 9.62. The van der Waals surface area contributed by atoms with Gasteiger partial charge in [-0.2, -0.15) is 0 Å². The first kappa shape index (κ1) is 16.9. The van der Waals surface area contributed by atoms with E-state index in [1.807, 2.05) is 42.5 Å². The topological polar surface area (TPSA) is 43.4 Å². The lowest BCUT2D eigenvalue weighted by Gasteiger charge is -2.20. The largest absolute Gasteiger partial charge is 0.451 e. The van der Waals surface area contributed by atoms with E-state index in [2.05, 4.69) is 24.3 Å². The van der Waals surface area contributed by atoms with Gasteiger partial charge in [0.05, 0.1) is 5.56 Å². The second-order valence-corrected chi connectivity index (χ2v) is 7.64. The summed E-state index contributed by atoms with van der Waals surface area (Å²) in [5, 5.41) is 0. The van der Waals surface area contributed by atoms with E-state index in [1.54, 1.807) is 24.3 Å². The molecule has 0 aliphatic heterocycles. The number of ketones is 1. The van der Waals surface area contributed by atoms with E-state index in [4.69, 9.17) is 4.74 Å². The molecule has 2 aliphatic carbocycles. The predicted octanol–water partition coefficient (Wildman–Crippen LogP) is 4.54. The van der Waals surface area contributed by atoms with Gasteiger partial charge in [-0.15, -0.1) is 0 Å². The third-order valence-corrected chi connectivity index (χ3v) is 6.21. The Morgan fingerprint density at radius 2 is 1.36 bits per heavy atom. The summed E-state index contributed by atoms with van der Waals surface area (Å²) < 4.78 is 5.65. The van der Waals surface area contributed by atoms with Crippen molar-refractivity contribution in [1.82, 2.24) is 0 Å². The quantitative estimate of drug-likeness (QED) is 0.635. The van der Waals surface area contributed by atoms with Gasteiger partial charge < -0.3 is 4.74 Å². The van der Waals surface area contributed by atoms with Crippen molar-refractivity contribution in [3.8, 4) is 0 Å². The summed E-state index contributed by atoms with van der Waals surface area (Å²) in [6.45, 7) is 0. The standard InChI is InChI=1S/C25H20O3/c26-23-20(28-24(27)18-12-6-2-7-13-18)16-25(19-14-8-3-9-15-19)21(22(23)25)17-10-4-1-5-11-17/h1-15,20-22H,16H2/t20-,21-,22-,25+/m1/s1. The minimum atomic E-state index is -0.683. The highest BCUT2D eigenvalue weighted by Crippen LogP contribution is 2.72. The van der Waals surface area contributed by atoms with Crippen molar-refractivity contribution >= 4 is 11.8 Å². The van der Waals surface area contributed by atoms with Crippen LogP contribution in [0.3, 0.4) is 0 Å². The summed E-state index contributed by atoms with van der Waals surface area (Å²) in [5.74, 6) is -0.372. The number of hydrogen-bond donors (Lipinski definition) is 0. The van der Waals surface area contributed by atoms with Gasteiger partial charge in [-0.05, 0) is 23.3 Å². The Bertz CT molecular complexity index is 1010. The van der Waals surface area contributed by atoms with Crippen molar-refractivity contribution < 1.29 is 14.3 Å². The number of carbonyl (C=O) groups excluding carboxylic acids is 2. The Labute approximate surface area is 164 Å². The van der Waals surface area contributed by atoms with Crippen LogP contribution < -0.4 is 0 Å². The van der Waals surface area contributed by atoms with Gasteiger partial charge >= 0.3 is 5.97 Å². The summed E-state index contributed by atoms with van der Waals surface area (Å²) >= 11 is 0. The summed E-state index contributed by atoms with van der Waals surface area (Å²) in [4.78, 5) is 25.7. The average molecular weight is 368 g/mol. The Morgan fingerprint density at radius 1 is 0.786 bits per heavy atom. The van der Waals surface area contributed by atoms with Gasteiger partial charge in [0.15, 0.2) is 11.9 Å². The van der Waals surface area contributed by atoms with Gasteiger partial charge in [0.2, 0.25) is 0 Å². The predicted molar refractivity (Wildman–Crippen MR) is 106 cm³/mol. The molecule has 0 saturated heterocycles. The molecule has 3 heteroatoms. The highest BCUT2D eigenvalue weighted by atomic mass is 16.5. The number of rotatable bonds is 4. The number of carbonyl (C=O) groups is 2. The lowest BCUT2D eigenvalue weighted by molar-refractivity contribution is -0.127. The smallest absolute Gasteiger partial charge is 0.338 e. The van der Waals surface area contributed by atoms with Crippen molar-refractivity contribution in [2.75, 3.05) is 0 Å². The maximum Gasteiger partial charge on any atom is 0.338 e. The van der Waals surface area contributed by atoms with Crippen LogP contribution in [0.25, 0.3) is 0 Å². The maximum atomic E-state index is 13.2. The van der Waals surface area contributed by atoms with Gasteiger partial charge in [0.25, 0.3) is 0 Å². The molecule has 2 saturated carbocycles. The van der Waals surface area contributed by atoms with Crippen LogP contribution in [0.1, 0.15) is 33.8 Å². The van der Waals surface area contributed by atoms with E-state index in [0.717, 1.165) is 5.56 Å². The molecule has 0 unspecified atom stereocenters. The number of esters is 1. The van der Waals surface area contributed by atoms with Crippen LogP contribution in [0, 0.1) is 5.92 Å². The molecule has 2 fully saturated rings. The number of Topliss-reactive ketones (excluding diaryl/α,β-unsaturated/α-hetero) is 1. The fraction of sp³-hybridized carbons (Fsp3) is 0.200. The normalized spacial score (nSPS) is 27.9. The number of benzene rings is 3. The highest BCUT2D eigenvalue weighted by molar-refractivity contribution is 5.99. The van der Waals surface area contributed by atoms with E-state index in [1.165, 1.54) is 5.56 Å². The molecule has 0 N–H and O–H groups in total. The Kier molecular flexibility index (Phi) is 3.90. The molecule has 4 atom stereocenters. The second-order valence-electron chi connectivity index (χ2n) is 7.64. The first-order valence-electron chi connectivity index (χ1n) is 9.62. The minimum Gasteiger partial charge on any atom is -0.451 e. The van der Waals surface area contributed by atoms with Crippen molar-refractivity contribution in [3.63, 3.8) is 0 Å². The lowest BCUT2D eigenvalue weighted by Crippen LogP contribution is -2.27. The monoisotopic (exact) mass is 368 g/mol. The molecule has 3 aromatic carbocycles. The second kappa shape index (κ2) is 6.45. The van der Waals surface area contributed by atoms with E-state index in [0.29, 0.717) is 12.0 Å². The molecule has 3 nitrogen and oxygen atoms in total. The van der Waals surface area contributed by atoms with Crippen LogP contribution in [-0.2, 0) is 14.9 Å². The molecule has 0 amide bonds. The van der Waals surface area contributed by atoms with Crippen molar-refractivity contribution in [1.29, 1.82) is 0 Å². The van der Waals surface area contributed by atoms with Crippen LogP contribution in [-0.4, -0.2) is 17.9 Å². The van der Waals surface area contributed by atoms with E-state index in [-0.39, 0.29) is 23.0 Å². The van der Waals surface area contributed by atoms with Crippen LogP contribution in [0.2, 0.25) is 0 Å². The molecule has 3 aromatic rings. The molecule has 0 spiro atoms. The van der Waals surface area contributed by atoms with Crippen molar-refractivity contribution in [2.45, 2.75) is 23.9 Å². The first-order chi connectivity index (χ1) is 13.7. The van der Waals surface area contributed by atoms with Crippen molar-refractivity contribution in [3.05, 3.63) is 108 Å². The van der Waals surface area contributed by atoms with Crippen LogP contribution in [0.5, 0.6) is 0 Å². The van der Waals surface area contributed by atoms with E-state index >= 15 is 0 Å². The van der Waals surface area contributed by atoms with Crippen LogP contribution >= 0.6 is 0 Å². The fourth-order valence-electron chi connectivity index (χ4n) is 4.97. The average Bonchev–Trinajstić information content (AvgIpc) is 3.35. The molecule has 138 valence electrons. The number of ether oxygens (including phenoxy) is 1.